The van der Waals surface area contributed by atoms with Crippen molar-refractivity contribution in [2.24, 2.45) is 5.92 Å². The summed E-state index contributed by atoms with van der Waals surface area (Å²) in [5.74, 6) is -0.296. The average Bonchev–Trinajstić information content (AvgIpc) is 3.46. The van der Waals surface area contributed by atoms with E-state index in [2.05, 4.69) is 15.2 Å². The van der Waals surface area contributed by atoms with Crippen molar-refractivity contribution in [3.8, 4) is 5.69 Å². The second-order valence-electron chi connectivity index (χ2n) is 8.74. The summed E-state index contributed by atoms with van der Waals surface area (Å²) in [5, 5.41) is 6.54. The summed E-state index contributed by atoms with van der Waals surface area (Å²) in [6.07, 6.45) is -8.17. The van der Waals surface area contributed by atoms with Gasteiger partial charge in [-0.3, -0.25) is 0 Å². The normalized spacial score (nSPS) is 22.6. The number of aromatic nitrogens is 4. The molecule has 2 fully saturated rings. The highest BCUT2D eigenvalue weighted by Gasteiger charge is 2.50. The van der Waals surface area contributed by atoms with E-state index in [0.29, 0.717) is 31.0 Å². The first-order chi connectivity index (χ1) is 15.9. The van der Waals surface area contributed by atoms with Gasteiger partial charge >= 0.3 is 18.0 Å². The van der Waals surface area contributed by atoms with E-state index in [-0.39, 0.29) is 23.9 Å². The van der Waals surface area contributed by atoms with Crippen LogP contribution in [0.4, 0.5) is 32.2 Å². The van der Waals surface area contributed by atoms with Gasteiger partial charge in [0.05, 0.1) is 17.3 Å². The van der Waals surface area contributed by atoms with Gasteiger partial charge in [-0.25, -0.2) is 19.4 Å². The molecule has 6 nitrogen and oxygen atoms in total. The van der Waals surface area contributed by atoms with Crippen LogP contribution in [0.2, 0.25) is 0 Å². The number of fused-ring (bicyclic) bond motifs is 2. The molecule has 1 N–H and O–H groups in total. The van der Waals surface area contributed by atoms with E-state index in [1.165, 1.54) is 9.47 Å². The molecular formula is C22H19F6N5O. The van der Waals surface area contributed by atoms with Crippen LogP contribution in [-0.2, 0) is 12.4 Å². The monoisotopic (exact) mass is 483 g/mol. The Morgan fingerprint density at radius 1 is 1.03 bits per heavy atom. The van der Waals surface area contributed by atoms with Crippen LogP contribution < -0.4 is 10.6 Å². The molecule has 3 atom stereocenters. The van der Waals surface area contributed by atoms with E-state index in [4.69, 9.17) is 0 Å². The number of pyridine rings is 1. The predicted molar refractivity (Wildman–Crippen MR) is 110 cm³/mol. The summed E-state index contributed by atoms with van der Waals surface area (Å²) in [5.41, 5.74) is -2.21. The number of H-pyrrole nitrogens is 1. The molecule has 3 aromatic rings. The van der Waals surface area contributed by atoms with E-state index in [1.54, 1.807) is 18.2 Å². The Bertz CT molecular complexity index is 1260. The molecule has 0 spiro atoms. The van der Waals surface area contributed by atoms with Gasteiger partial charge < -0.3 is 4.90 Å². The van der Waals surface area contributed by atoms with Crippen molar-refractivity contribution in [1.29, 1.82) is 0 Å². The van der Waals surface area contributed by atoms with Crippen molar-refractivity contribution < 1.29 is 26.3 Å². The van der Waals surface area contributed by atoms with Crippen molar-refractivity contribution in [2.45, 2.75) is 50.6 Å². The maximum absolute atomic E-state index is 13.5. The molecule has 1 aliphatic heterocycles. The Kier molecular flexibility index (Phi) is 5.03. The van der Waals surface area contributed by atoms with Crippen LogP contribution in [0.3, 0.4) is 0 Å². The predicted octanol–water partition coefficient (Wildman–Crippen LogP) is 5.03. The summed E-state index contributed by atoms with van der Waals surface area (Å²) in [6.45, 7) is 1.84. The molecule has 1 saturated heterocycles. The summed E-state index contributed by atoms with van der Waals surface area (Å²) < 4.78 is 82.1. The standard InChI is InChI=1S/C22H19F6N5O/c1-11-3-2-4-14(7-11)33-19(30-31-20(33)34)18-12-5-6-15(8-12)32(18)17-10-13(21(23,24)25)9-16(29-17)22(26,27)28/h2-4,7,9-10,12,15,18H,5-6,8H2,1H3,(H,31,34)/t12-,15+,18-/m0/s1. The lowest BCUT2D eigenvalue weighted by Gasteiger charge is -2.36. The van der Waals surface area contributed by atoms with Gasteiger partial charge in [-0.15, -0.1) is 0 Å². The minimum Gasteiger partial charge on any atom is -0.343 e. The van der Waals surface area contributed by atoms with Crippen LogP contribution >= 0.6 is 0 Å². The molecule has 2 bridgehead atoms. The average molecular weight is 483 g/mol. The van der Waals surface area contributed by atoms with E-state index < -0.39 is 41.2 Å². The number of anilines is 1. The molecule has 0 unspecified atom stereocenters. The third-order valence-corrected chi connectivity index (χ3v) is 6.50. The van der Waals surface area contributed by atoms with Crippen LogP contribution in [0.15, 0.2) is 41.2 Å². The molecule has 1 aromatic carbocycles. The maximum Gasteiger partial charge on any atom is 0.433 e. The third-order valence-electron chi connectivity index (χ3n) is 6.50. The van der Waals surface area contributed by atoms with E-state index in [0.717, 1.165) is 5.56 Å². The molecule has 0 amide bonds. The number of aryl methyl sites for hydroxylation is 1. The molecule has 12 heteroatoms. The highest BCUT2D eigenvalue weighted by molar-refractivity contribution is 5.50. The minimum absolute atomic E-state index is 0.0179. The van der Waals surface area contributed by atoms with Crippen molar-refractivity contribution in [3.05, 3.63) is 69.5 Å². The summed E-state index contributed by atoms with van der Waals surface area (Å²) in [4.78, 5) is 17.7. The van der Waals surface area contributed by atoms with E-state index >= 15 is 0 Å². The Balaban J connectivity index is 1.67. The molecule has 2 aromatic heterocycles. The molecule has 0 radical (unpaired) electrons. The Morgan fingerprint density at radius 2 is 1.79 bits per heavy atom. The van der Waals surface area contributed by atoms with Gasteiger partial charge in [0, 0.05) is 6.04 Å². The fraction of sp³-hybridized carbons (Fsp3) is 0.409. The van der Waals surface area contributed by atoms with Crippen molar-refractivity contribution in [2.75, 3.05) is 4.90 Å². The molecule has 1 aliphatic carbocycles. The highest BCUT2D eigenvalue weighted by Crippen LogP contribution is 2.52. The molecule has 3 heterocycles. The Hall–Kier alpha value is -3.31. The number of halogens is 6. The van der Waals surface area contributed by atoms with Crippen LogP contribution in [-0.4, -0.2) is 25.8 Å². The van der Waals surface area contributed by atoms with E-state index in [1.807, 2.05) is 13.0 Å². The fourth-order valence-electron chi connectivity index (χ4n) is 5.13. The first-order valence-electron chi connectivity index (χ1n) is 10.6. The van der Waals surface area contributed by atoms with Gasteiger partial charge in [0.25, 0.3) is 0 Å². The van der Waals surface area contributed by atoms with Gasteiger partial charge in [0.1, 0.15) is 11.5 Å². The third kappa shape index (κ3) is 3.74. The van der Waals surface area contributed by atoms with Crippen molar-refractivity contribution in [3.63, 3.8) is 0 Å². The first-order valence-corrected chi connectivity index (χ1v) is 10.6. The zero-order chi connectivity index (χ0) is 24.4. The van der Waals surface area contributed by atoms with Gasteiger partial charge in [0.15, 0.2) is 5.82 Å². The molecule has 1 saturated carbocycles. The van der Waals surface area contributed by atoms with Crippen LogP contribution in [0.1, 0.15) is 47.9 Å². The number of nitrogens with one attached hydrogen (secondary N) is 1. The van der Waals surface area contributed by atoms with Gasteiger partial charge in [-0.05, 0) is 61.9 Å². The van der Waals surface area contributed by atoms with Gasteiger partial charge in [-0.1, -0.05) is 12.1 Å². The number of hydrogen-bond donors (Lipinski definition) is 1. The largest absolute Gasteiger partial charge is 0.433 e. The van der Waals surface area contributed by atoms with Crippen molar-refractivity contribution in [1.82, 2.24) is 19.7 Å². The maximum atomic E-state index is 13.5. The number of rotatable bonds is 3. The summed E-state index contributed by atoms with van der Waals surface area (Å²) in [7, 11) is 0. The van der Waals surface area contributed by atoms with Gasteiger partial charge in [0.2, 0.25) is 0 Å². The van der Waals surface area contributed by atoms with Crippen LogP contribution in [0.25, 0.3) is 5.69 Å². The fourth-order valence-corrected chi connectivity index (χ4v) is 5.13. The zero-order valence-electron chi connectivity index (χ0n) is 17.8. The van der Waals surface area contributed by atoms with Gasteiger partial charge in [-0.2, -0.15) is 31.4 Å². The number of hydrogen-bond acceptors (Lipinski definition) is 4. The summed E-state index contributed by atoms with van der Waals surface area (Å²) in [6, 6.07) is 6.66. The molecule has 5 rings (SSSR count). The number of nitrogens with zero attached hydrogens (tertiary/aromatic N) is 4. The second-order valence-corrected chi connectivity index (χ2v) is 8.74. The first kappa shape index (κ1) is 22.5. The smallest absolute Gasteiger partial charge is 0.343 e. The zero-order valence-corrected chi connectivity index (χ0v) is 17.8. The SMILES string of the molecule is Cc1cccc(-n2c([C@@H]3[C@H]4CC[C@H](C4)N3c3cc(C(F)(F)F)cc(C(F)(F)F)n3)n[nH]c2=O)c1. The topological polar surface area (TPSA) is 66.8 Å². The molecule has 180 valence electrons. The van der Waals surface area contributed by atoms with Crippen LogP contribution in [0, 0.1) is 12.8 Å². The Labute approximate surface area is 189 Å². The Morgan fingerprint density at radius 3 is 2.47 bits per heavy atom. The van der Waals surface area contributed by atoms with E-state index in [9.17, 15) is 31.1 Å². The van der Waals surface area contributed by atoms with Crippen LogP contribution in [0.5, 0.6) is 0 Å². The van der Waals surface area contributed by atoms with Crippen molar-refractivity contribution >= 4 is 5.82 Å². The minimum atomic E-state index is -5.06. The molecule has 34 heavy (non-hydrogen) atoms. The summed E-state index contributed by atoms with van der Waals surface area (Å²) >= 11 is 0. The number of piperidine rings is 1. The molecule has 2 aliphatic rings. The number of benzene rings is 1. The molecular weight excluding hydrogens is 464 g/mol. The quantitative estimate of drug-likeness (QED) is 0.531. The number of aromatic amines is 1. The number of alkyl halides is 6. The lowest BCUT2D eigenvalue weighted by Crippen LogP contribution is -2.38. The highest BCUT2D eigenvalue weighted by atomic mass is 19.4. The second kappa shape index (κ2) is 7.60. The lowest BCUT2D eigenvalue weighted by molar-refractivity contribution is -0.145. The lowest BCUT2D eigenvalue weighted by atomic mass is 9.97.